The Labute approximate surface area is 127 Å². The molecular weight excluding hydrogens is 262 g/mol. The van der Waals surface area contributed by atoms with Crippen molar-refractivity contribution in [2.24, 2.45) is 5.73 Å². The average Bonchev–Trinajstić information content (AvgIpc) is 2.86. The smallest absolute Gasteiger partial charge is 0.160 e. The molecule has 1 atom stereocenters. The first-order valence-electron chi connectivity index (χ1n) is 8.42. The van der Waals surface area contributed by atoms with Gasteiger partial charge in [-0.1, -0.05) is 32.1 Å². The quantitative estimate of drug-likeness (QED) is 0.669. The van der Waals surface area contributed by atoms with E-state index in [1.807, 2.05) is 13.3 Å². The fraction of sp³-hybridized carbons (Fsp3) is 0.765. The summed E-state index contributed by atoms with van der Waals surface area (Å²) in [5.74, 6) is 0.889. The SMILES string of the molecule is COC1(c2ncc3c(n2)CCCCC3N)CCCCCC1. The van der Waals surface area contributed by atoms with Gasteiger partial charge in [-0.05, 0) is 32.1 Å². The molecule has 0 aliphatic heterocycles. The molecule has 116 valence electrons. The van der Waals surface area contributed by atoms with Gasteiger partial charge in [0.25, 0.3) is 0 Å². The van der Waals surface area contributed by atoms with Gasteiger partial charge in [0.05, 0.1) is 0 Å². The molecule has 2 aliphatic rings. The van der Waals surface area contributed by atoms with E-state index in [2.05, 4.69) is 4.98 Å². The lowest BCUT2D eigenvalue weighted by Gasteiger charge is -2.30. The Morgan fingerprint density at radius 1 is 1.14 bits per heavy atom. The summed E-state index contributed by atoms with van der Waals surface area (Å²) in [4.78, 5) is 9.59. The fourth-order valence-electron chi connectivity index (χ4n) is 3.79. The molecule has 4 heteroatoms. The molecule has 0 bridgehead atoms. The van der Waals surface area contributed by atoms with Crippen LogP contribution in [0.2, 0.25) is 0 Å². The molecule has 21 heavy (non-hydrogen) atoms. The molecule has 1 aromatic rings. The summed E-state index contributed by atoms with van der Waals surface area (Å²) in [6.45, 7) is 0. The lowest BCUT2D eigenvalue weighted by Crippen LogP contribution is -2.31. The molecule has 0 spiro atoms. The van der Waals surface area contributed by atoms with Crippen LogP contribution < -0.4 is 5.73 Å². The normalized spacial score (nSPS) is 25.7. The molecule has 1 unspecified atom stereocenters. The third-order valence-corrected chi connectivity index (χ3v) is 5.19. The third kappa shape index (κ3) is 2.97. The van der Waals surface area contributed by atoms with E-state index in [1.165, 1.54) is 38.5 Å². The predicted molar refractivity (Wildman–Crippen MR) is 82.9 cm³/mol. The van der Waals surface area contributed by atoms with Crippen LogP contribution in [0.5, 0.6) is 0 Å². The Morgan fingerprint density at radius 3 is 2.62 bits per heavy atom. The molecule has 3 rings (SSSR count). The molecule has 0 aromatic carbocycles. The van der Waals surface area contributed by atoms with E-state index in [9.17, 15) is 0 Å². The van der Waals surface area contributed by atoms with Crippen LogP contribution in [0.3, 0.4) is 0 Å². The predicted octanol–water partition coefficient (Wildman–Crippen LogP) is 3.40. The Bertz CT molecular complexity index is 481. The maximum Gasteiger partial charge on any atom is 0.160 e. The number of nitrogens with two attached hydrogens (primary N) is 1. The van der Waals surface area contributed by atoms with Crippen LogP contribution in [-0.4, -0.2) is 17.1 Å². The van der Waals surface area contributed by atoms with Gasteiger partial charge < -0.3 is 10.5 Å². The Kier molecular flexibility index (Phi) is 4.55. The van der Waals surface area contributed by atoms with Gasteiger partial charge in [-0.3, -0.25) is 0 Å². The first kappa shape index (κ1) is 14.9. The highest BCUT2D eigenvalue weighted by Crippen LogP contribution is 2.38. The van der Waals surface area contributed by atoms with E-state index in [0.29, 0.717) is 0 Å². The monoisotopic (exact) mass is 289 g/mol. The molecule has 1 aromatic heterocycles. The summed E-state index contributed by atoms with van der Waals surface area (Å²) in [6.07, 6.45) is 13.5. The molecule has 0 amide bonds. The molecular formula is C17H27N3O. The van der Waals surface area contributed by atoms with E-state index >= 15 is 0 Å². The second-order valence-corrected chi connectivity index (χ2v) is 6.56. The number of aryl methyl sites for hydroxylation is 1. The van der Waals surface area contributed by atoms with Crippen LogP contribution in [0.4, 0.5) is 0 Å². The highest BCUT2D eigenvalue weighted by Gasteiger charge is 2.36. The van der Waals surface area contributed by atoms with Gasteiger partial charge in [0, 0.05) is 30.6 Å². The highest BCUT2D eigenvalue weighted by atomic mass is 16.5. The largest absolute Gasteiger partial charge is 0.370 e. The minimum atomic E-state index is -0.276. The number of fused-ring (bicyclic) bond motifs is 1. The van der Waals surface area contributed by atoms with Crippen molar-refractivity contribution in [3.8, 4) is 0 Å². The summed E-state index contributed by atoms with van der Waals surface area (Å²) >= 11 is 0. The zero-order valence-electron chi connectivity index (χ0n) is 13.1. The van der Waals surface area contributed by atoms with Crippen molar-refractivity contribution in [1.82, 2.24) is 9.97 Å². The Balaban J connectivity index is 1.96. The minimum absolute atomic E-state index is 0.101. The Morgan fingerprint density at radius 2 is 1.90 bits per heavy atom. The molecule has 1 fully saturated rings. The van der Waals surface area contributed by atoms with Crippen molar-refractivity contribution in [2.45, 2.75) is 75.9 Å². The first-order chi connectivity index (χ1) is 10.2. The van der Waals surface area contributed by atoms with E-state index in [1.54, 1.807) is 0 Å². The van der Waals surface area contributed by atoms with Crippen molar-refractivity contribution < 1.29 is 4.74 Å². The summed E-state index contributed by atoms with van der Waals surface area (Å²) in [5.41, 5.74) is 8.29. The standard InChI is InChI=1S/C17H27N3O/c1-21-17(10-6-2-3-7-11-17)16-19-12-13-14(18)8-4-5-9-15(13)20-16/h12,14H,2-11,18H2,1H3. The zero-order valence-corrected chi connectivity index (χ0v) is 13.1. The van der Waals surface area contributed by atoms with Gasteiger partial charge in [-0.2, -0.15) is 0 Å². The molecule has 2 aliphatic carbocycles. The number of ether oxygens (including phenoxy) is 1. The van der Waals surface area contributed by atoms with Gasteiger partial charge in [0.2, 0.25) is 0 Å². The maximum atomic E-state index is 6.25. The number of nitrogens with zero attached hydrogens (tertiary/aromatic N) is 2. The third-order valence-electron chi connectivity index (χ3n) is 5.19. The number of aromatic nitrogens is 2. The van der Waals surface area contributed by atoms with Crippen molar-refractivity contribution >= 4 is 0 Å². The van der Waals surface area contributed by atoms with Crippen molar-refractivity contribution in [1.29, 1.82) is 0 Å². The molecule has 0 radical (unpaired) electrons. The van der Waals surface area contributed by atoms with E-state index in [4.69, 9.17) is 15.5 Å². The molecule has 4 nitrogen and oxygen atoms in total. The second kappa shape index (κ2) is 6.41. The second-order valence-electron chi connectivity index (χ2n) is 6.56. The molecule has 1 heterocycles. The minimum Gasteiger partial charge on any atom is -0.370 e. The maximum absolute atomic E-state index is 6.25. The summed E-state index contributed by atoms with van der Waals surface area (Å²) in [7, 11) is 1.81. The van der Waals surface area contributed by atoms with Gasteiger partial charge in [-0.15, -0.1) is 0 Å². The van der Waals surface area contributed by atoms with Crippen LogP contribution in [0.15, 0.2) is 6.20 Å². The van der Waals surface area contributed by atoms with E-state index < -0.39 is 0 Å². The number of hydrogen-bond acceptors (Lipinski definition) is 4. The molecule has 2 N–H and O–H groups in total. The Hall–Kier alpha value is -1.00. The van der Waals surface area contributed by atoms with Crippen LogP contribution in [0, 0.1) is 0 Å². The number of rotatable bonds is 2. The van der Waals surface area contributed by atoms with Gasteiger partial charge in [0.1, 0.15) is 5.60 Å². The van der Waals surface area contributed by atoms with Gasteiger partial charge in [-0.25, -0.2) is 9.97 Å². The van der Waals surface area contributed by atoms with E-state index in [0.717, 1.165) is 42.8 Å². The lowest BCUT2D eigenvalue weighted by molar-refractivity contribution is -0.0353. The van der Waals surface area contributed by atoms with Crippen LogP contribution in [-0.2, 0) is 16.8 Å². The van der Waals surface area contributed by atoms with E-state index in [-0.39, 0.29) is 11.6 Å². The summed E-state index contributed by atoms with van der Waals surface area (Å²) in [5, 5.41) is 0. The van der Waals surface area contributed by atoms with Gasteiger partial charge in [0.15, 0.2) is 5.82 Å². The van der Waals surface area contributed by atoms with Crippen LogP contribution >= 0.6 is 0 Å². The van der Waals surface area contributed by atoms with Gasteiger partial charge >= 0.3 is 0 Å². The molecule has 1 saturated carbocycles. The number of methoxy groups -OCH3 is 1. The average molecular weight is 289 g/mol. The number of hydrogen-bond donors (Lipinski definition) is 1. The fourth-order valence-corrected chi connectivity index (χ4v) is 3.79. The van der Waals surface area contributed by atoms with Crippen molar-refractivity contribution in [3.63, 3.8) is 0 Å². The summed E-state index contributed by atoms with van der Waals surface area (Å²) in [6, 6.07) is 0.101. The van der Waals surface area contributed by atoms with Crippen LogP contribution in [0.25, 0.3) is 0 Å². The zero-order chi connectivity index (χ0) is 14.7. The highest BCUT2D eigenvalue weighted by molar-refractivity contribution is 5.24. The van der Waals surface area contributed by atoms with Crippen molar-refractivity contribution in [3.05, 3.63) is 23.3 Å². The van der Waals surface area contributed by atoms with Crippen LogP contribution in [0.1, 0.15) is 80.9 Å². The molecule has 0 saturated heterocycles. The summed E-state index contributed by atoms with van der Waals surface area (Å²) < 4.78 is 5.94. The first-order valence-corrected chi connectivity index (χ1v) is 8.42. The topological polar surface area (TPSA) is 61.0 Å². The van der Waals surface area contributed by atoms with Crippen molar-refractivity contribution in [2.75, 3.05) is 7.11 Å². The lowest BCUT2D eigenvalue weighted by atomic mass is 9.92.